The minimum Gasteiger partial charge on any atom is -0.755 e. The fourth-order valence-corrected chi connectivity index (χ4v) is 2.09. The molecule has 0 amide bonds. The van der Waals surface area contributed by atoms with Crippen LogP contribution < -0.4 is 10.5 Å². The van der Waals surface area contributed by atoms with E-state index >= 15 is 0 Å². The molecule has 1 unspecified atom stereocenters. The first-order chi connectivity index (χ1) is 10.2. The molecule has 22 heavy (non-hydrogen) atoms. The smallest absolute Gasteiger partial charge is 0.416 e. The van der Waals surface area contributed by atoms with Crippen molar-refractivity contribution in [3.8, 4) is 11.3 Å². The third kappa shape index (κ3) is 3.52. The van der Waals surface area contributed by atoms with Gasteiger partial charge in [-0.2, -0.15) is 13.2 Å². The molecule has 0 spiro atoms. The number of nitrogens with two attached hydrogens (primary N) is 1. The summed E-state index contributed by atoms with van der Waals surface area (Å²) in [6.07, 6.45) is -4.60. The predicted molar refractivity (Wildman–Crippen MR) is 74.2 cm³/mol. The predicted octanol–water partition coefficient (Wildman–Crippen LogP) is 2.26. The fourth-order valence-electron chi connectivity index (χ4n) is 1.74. The van der Waals surface area contributed by atoms with Crippen molar-refractivity contribution in [3.05, 3.63) is 35.4 Å². The molecule has 2 rings (SSSR count). The highest BCUT2D eigenvalue weighted by Gasteiger charge is 2.31. The van der Waals surface area contributed by atoms with E-state index in [9.17, 15) is 21.9 Å². The van der Waals surface area contributed by atoms with Gasteiger partial charge in [-0.1, -0.05) is 6.07 Å². The summed E-state index contributed by atoms with van der Waals surface area (Å²) in [6, 6.07) is 4.15. The van der Waals surface area contributed by atoms with E-state index in [0.29, 0.717) is 11.6 Å². The lowest BCUT2D eigenvalue weighted by Gasteiger charge is -2.16. The van der Waals surface area contributed by atoms with Gasteiger partial charge >= 0.3 is 6.18 Å². The maximum atomic E-state index is 12.7. The first kappa shape index (κ1) is 16.2. The number of halogens is 3. The molecule has 1 heterocycles. The van der Waals surface area contributed by atoms with Crippen molar-refractivity contribution in [3.63, 3.8) is 0 Å². The molecule has 3 N–H and O–H groups in total. The highest BCUT2D eigenvalue weighted by molar-refractivity contribution is 7.80. The Morgan fingerprint density at radius 3 is 2.50 bits per heavy atom. The van der Waals surface area contributed by atoms with E-state index < -0.39 is 23.0 Å². The lowest BCUT2D eigenvalue weighted by atomic mass is 10.0. The minimum absolute atomic E-state index is 0.160. The third-order valence-electron chi connectivity index (χ3n) is 2.84. The Kier molecular flexibility index (Phi) is 4.33. The van der Waals surface area contributed by atoms with Crippen LogP contribution in [0.4, 0.5) is 24.7 Å². The van der Waals surface area contributed by atoms with Gasteiger partial charge < -0.3 is 15.0 Å². The van der Waals surface area contributed by atoms with E-state index in [1.807, 2.05) is 4.72 Å². The number of hydrogen-bond acceptors (Lipinski definition) is 5. The first-order valence-electron chi connectivity index (χ1n) is 5.86. The van der Waals surface area contributed by atoms with Gasteiger partial charge in [0.25, 0.3) is 0 Å². The third-order valence-corrected chi connectivity index (χ3v) is 3.23. The number of benzene rings is 1. The molecule has 0 saturated carbocycles. The van der Waals surface area contributed by atoms with Crippen LogP contribution in [0.3, 0.4) is 0 Å². The number of aryl methyl sites for hydroxylation is 1. The van der Waals surface area contributed by atoms with Crippen LogP contribution in [0.1, 0.15) is 11.1 Å². The van der Waals surface area contributed by atoms with Crippen LogP contribution in [0.2, 0.25) is 0 Å². The van der Waals surface area contributed by atoms with Crippen molar-refractivity contribution in [2.24, 2.45) is 0 Å². The second kappa shape index (κ2) is 5.89. The second-order valence-electron chi connectivity index (χ2n) is 4.39. The summed E-state index contributed by atoms with van der Waals surface area (Å²) in [6.45, 7) is 1.65. The van der Waals surface area contributed by atoms with Crippen LogP contribution in [0.15, 0.2) is 24.3 Å². The fraction of sp³-hybridized carbons (Fsp3) is 0.167. The molecular formula is C12H10F3N4O2S-. The van der Waals surface area contributed by atoms with E-state index in [4.69, 9.17) is 5.73 Å². The highest BCUT2D eigenvalue weighted by atomic mass is 32.2. The molecule has 0 aliphatic carbocycles. The number of alkyl halides is 3. The van der Waals surface area contributed by atoms with Crippen LogP contribution in [0, 0.1) is 6.92 Å². The zero-order valence-electron chi connectivity index (χ0n) is 11.1. The zero-order chi connectivity index (χ0) is 16.5. The van der Waals surface area contributed by atoms with Crippen LogP contribution in [0.5, 0.6) is 0 Å². The minimum atomic E-state index is -4.60. The number of nitrogens with zero attached hydrogens (tertiary/aromatic N) is 2. The lowest BCUT2D eigenvalue weighted by molar-refractivity contribution is -0.137. The summed E-state index contributed by atoms with van der Waals surface area (Å²) in [5.74, 6) is 0.178. The van der Waals surface area contributed by atoms with E-state index in [2.05, 4.69) is 10.2 Å². The average Bonchev–Trinajstić information content (AvgIpc) is 2.40. The zero-order valence-corrected chi connectivity index (χ0v) is 12.0. The summed E-state index contributed by atoms with van der Waals surface area (Å²) in [5, 5.41) is 7.44. The molecule has 6 nitrogen and oxygen atoms in total. The Labute approximate surface area is 126 Å². The molecule has 2 aromatic rings. The SMILES string of the molecule is Cc1cc(-c2ccc(C(F)(F)F)cc2NS(=O)[O-])nnc1N. The molecule has 1 aromatic carbocycles. The molecule has 0 fully saturated rings. The van der Waals surface area contributed by atoms with E-state index in [1.54, 1.807) is 6.92 Å². The Bertz CT molecular complexity index is 737. The van der Waals surface area contributed by atoms with Gasteiger partial charge in [-0.3, -0.25) is 4.21 Å². The molecule has 10 heteroatoms. The van der Waals surface area contributed by atoms with Crippen molar-refractivity contribution < 1.29 is 21.9 Å². The van der Waals surface area contributed by atoms with Crippen molar-refractivity contribution in [1.29, 1.82) is 0 Å². The van der Waals surface area contributed by atoms with Crippen molar-refractivity contribution in [2.45, 2.75) is 13.1 Å². The molecule has 1 atom stereocenters. The van der Waals surface area contributed by atoms with Gasteiger partial charge in [0, 0.05) is 16.8 Å². The van der Waals surface area contributed by atoms with E-state index in [-0.39, 0.29) is 22.8 Å². The maximum Gasteiger partial charge on any atom is 0.416 e. The first-order valence-corrected chi connectivity index (χ1v) is 6.93. The van der Waals surface area contributed by atoms with Crippen molar-refractivity contribution in [1.82, 2.24) is 10.2 Å². The van der Waals surface area contributed by atoms with Gasteiger partial charge in [-0.05, 0) is 30.7 Å². The van der Waals surface area contributed by atoms with Gasteiger partial charge in [0.15, 0.2) is 0 Å². The highest BCUT2D eigenvalue weighted by Crippen LogP contribution is 2.35. The Balaban J connectivity index is 2.58. The molecule has 0 aliphatic heterocycles. The van der Waals surface area contributed by atoms with Crippen molar-refractivity contribution in [2.75, 3.05) is 10.5 Å². The Morgan fingerprint density at radius 2 is 1.95 bits per heavy atom. The molecule has 118 valence electrons. The number of aromatic nitrogens is 2. The molecule has 0 radical (unpaired) electrons. The number of rotatable bonds is 3. The normalized spacial score (nSPS) is 13.0. The van der Waals surface area contributed by atoms with Crippen molar-refractivity contribution >= 4 is 22.8 Å². The summed E-state index contributed by atoms with van der Waals surface area (Å²) in [4.78, 5) is 0. The van der Waals surface area contributed by atoms with Crippen LogP contribution in [0.25, 0.3) is 11.3 Å². The molecular weight excluding hydrogens is 321 g/mol. The van der Waals surface area contributed by atoms with Gasteiger partial charge in [-0.25, -0.2) is 0 Å². The Hall–Kier alpha value is -2.20. The number of hydrogen-bond donors (Lipinski definition) is 2. The van der Waals surface area contributed by atoms with Gasteiger partial charge in [0.2, 0.25) is 0 Å². The molecule has 0 aliphatic rings. The topological polar surface area (TPSA) is 104 Å². The largest absolute Gasteiger partial charge is 0.755 e. The van der Waals surface area contributed by atoms with E-state index in [0.717, 1.165) is 12.1 Å². The monoisotopic (exact) mass is 331 g/mol. The second-order valence-corrected chi connectivity index (χ2v) is 5.07. The average molecular weight is 331 g/mol. The molecule has 0 saturated heterocycles. The number of nitrogen functional groups attached to an aromatic ring is 1. The number of anilines is 2. The standard InChI is InChI=1S/C12H11F3N4O2S/c1-6-4-9(17-18-11(6)16)8-3-2-7(12(13,14)15)5-10(8)19-22(20)21/h2-5,19H,1H3,(H2,16,18)(H,20,21)/p-1. The summed E-state index contributed by atoms with van der Waals surface area (Å²) < 4.78 is 61.7. The molecule has 0 bridgehead atoms. The van der Waals surface area contributed by atoms with Gasteiger partial charge in [0.05, 0.1) is 16.9 Å². The molecule has 1 aromatic heterocycles. The van der Waals surface area contributed by atoms with Crippen LogP contribution in [-0.2, 0) is 17.4 Å². The van der Waals surface area contributed by atoms with Crippen LogP contribution >= 0.6 is 0 Å². The quantitative estimate of drug-likeness (QED) is 0.840. The van der Waals surface area contributed by atoms with E-state index in [1.165, 1.54) is 6.07 Å². The van der Waals surface area contributed by atoms with Crippen LogP contribution in [-0.4, -0.2) is 19.0 Å². The summed E-state index contributed by atoms with van der Waals surface area (Å²) in [7, 11) is 0. The summed E-state index contributed by atoms with van der Waals surface area (Å²) in [5.41, 5.74) is 5.23. The van der Waals surface area contributed by atoms with Gasteiger partial charge in [0.1, 0.15) is 5.82 Å². The van der Waals surface area contributed by atoms with Gasteiger partial charge in [-0.15, -0.1) is 10.2 Å². The lowest BCUT2D eigenvalue weighted by Crippen LogP contribution is -2.09. The Morgan fingerprint density at radius 1 is 1.27 bits per heavy atom. The summed E-state index contributed by atoms with van der Waals surface area (Å²) >= 11 is -2.79. The maximum absolute atomic E-state index is 12.7. The number of nitrogens with one attached hydrogen (secondary N) is 1.